The zero-order valence-electron chi connectivity index (χ0n) is 9.47. The molecule has 1 N–H and O–H groups in total. The smallest absolute Gasteiger partial charge is 0.0606 e. The van der Waals surface area contributed by atoms with Crippen LogP contribution >= 0.6 is 23.2 Å². The van der Waals surface area contributed by atoms with Crippen molar-refractivity contribution in [2.75, 3.05) is 32.7 Å². The van der Waals surface area contributed by atoms with Gasteiger partial charge in [-0.25, -0.2) is 0 Å². The zero-order chi connectivity index (χ0) is 12.1. The fourth-order valence-corrected chi connectivity index (χ4v) is 1.99. The van der Waals surface area contributed by atoms with Crippen LogP contribution < -0.4 is 5.32 Å². The lowest BCUT2D eigenvalue weighted by Crippen LogP contribution is -2.43. The SMILES string of the molecule is Clc1ccc(C#CCN2CCNCC2)cc1Cl. The van der Waals surface area contributed by atoms with Crippen LogP contribution in [0.25, 0.3) is 0 Å². The molecular formula is C13H14Cl2N2. The Morgan fingerprint density at radius 2 is 1.94 bits per heavy atom. The third-order valence-electron chi connectivity index (χ3n) is 2.66. The van der Waals surface area contributed by atoms with Crippen LogP contribution in [-0.2, 0) is 0 Å². The summed E-state index contributed by atoms with van der Waals surface area (Å²) >= 11 is 11.8. The molecule has 0 aromatic heterocycles. The maximum absolute atomic E-state index is 5.92. The summed E-state index contributed by atoms with van der Waals surface area (Å²) in [7, 11) is 0. The fraction of sp³-hybridized carbons (Fsp3) is 0.385. The number of rotatable bonds is 1. The predicted octanol–water partition coefficient (Wildman–Crippen LogP) is 2.25. The zero-order valence-corrected chi connectivity index (χ0v) is 11.0. The molecule has 2 rings (SSSR count). The van der Waals surface area contributed by atoms with E-state index in [1.165, 1.54) is 0 Å². The van der Waals surface area contributed by atoms with Gasteiger partial charge < -0.3 is 5.32 Å². The molecule has 90 valence electrons. The average Bonchev–Trinajstić information content (AvgIpc) is 2.35. The summed E-state index contributed by atoms with van der Waals surface area (Å²) in [4.78, 5) is 2.33. The molecular weight excluding hydrogens is 255 g/mol. The summed E-state index contributed by atoms with van der Waals surface area (Å²) in [6, 6.07) is 5.46. The predicted molar refractivity (Wildman–Crippen MR) is 72.6 cm³/mol. The van der Waals surface area contributed by atoms with Crippen molar-refractivity contribution in [3.05, 3.63) is 33.8 Å². The van der Waals surface area contributed by atoms with Crippen molar-refractivity contribution >= 4 is 23.2 Å². The van der Waals surface area contributed by atoms with E-state index in [4.69, 9.17) is 23.2 Å². The minimum atomic E-state index is 0.556. The maximum atomic E-state index is 5.92. The van der Waals surface area contributed by atoms with Gasteiger partial charge in [-0.1, -0.05) is 35.0 Å². The van der Waals surface area contributed by atoms with E-state index in [2.05, 4.69) is 22.1 Å². The topological polar surface area (TPSA) is 15.3 Å². The summed E-state index contributed by atoms with van der Waals surface area (Å²) in [5.74, 6) is 6.27. The molecule has 1 aliphatic heterocycles. The monoisotopic (exact) mass is 268 g/mol. The fourth-order valence-electron chi connectivity index (χ4n) is 1.70. The van der Waals surface area contributed by atoms with E-state index >= 15 is 0 Å². The highest BCUT2D eigenvalue weighted by Gasteiger charge is 2.06. The third-order valence-corrected chi connectivity index (χ3v) is 3.40. The Hall–Kier alpha value is -0.720. The van der Waals surface area contributed by atoms with Crippen molar-refractivity contribution < 1.29 is 0 Å². The molecule has 0 radical (unpaired) electrons. The van der Waals surface area contributed by atoms with Crippen molar-refractivity contribution in [1.29, 1.82) is 0 Å². The van der Waals surface area contributed by atoms with Gasteiger partial charge in [-0.2, -0.15) is 0 Å². The summed E-state index contributed by atoms with van der Waals surface area (Å²) < 4.78 is 0. The van der Waals surface area contributed by atoms with Gasteiger partial charge in [0.2, 0.25) is 0 Å². The van der Waals surface area contributed by atoms with E-state index in [9.17, 15) is 0 Å². The van der Waals surface area contributed by atoms with E-state index in [1.54, 1.807) is 12.1 Å². The Bertz CT molecular complexity index is 442. The highest BCUT2D eigenvalue weighted by atomic mass is 35.5. The van der Waals surface area contributed by atoms with E-state index < -0.39 is 0 Å². The number of nitrogens with zero attached hydrogens (tertiary/aromatic N) is 1. The van der Waals surface area contributed by atoms with E-state index in [1.807, 2.05) is 6.07 Å². The van der Waals surface area contributed by atoms with Gasteiger partial charge in [-0.05, 0) is 18.2 Å². The molecule has 1 aromatic carbocycles. The second-order valence-corrected chi connectivity index (χ2v) is 4.77. The van der Waals surface area contributed by atoms with E-state index in [0.29, 0.717) is 10.0 Å². The molecule has 2 nitrogen and oxygen atoms in total. The van der Waals surface area contributed by atoms with Crippen LogP contribution in [0, 0.1) is 11.8 Å². The molecule has 0 amide bonds. The van der Waals surface area contributed by atoms with E-state index in [0.717, 1.165) is 38.3 Å². The third kappa shape index (κ3) is 3.90. The minimum Gasteiger partial charge on any atom is -0.314 e. The van der Waals surface area contributed by atoms with Crippen LogP contribution in [-0.4, -0.2) is 37.6 Å². The lowest BCUT2D eigenvalue weighted by atomic mass is 10.2. The highest BCUT2D eigenvalue weighted by Crippen LogP contribution is 2.21. The first-order valence-electron chi connectivity index (χ1n) is 5.63. The van der Waals surface area contributed by atoms with Gasteiger partial charge in [0, 0.05) is 31.7 Å². The van der Waals surface area contributed by atoms with Gasteiger partial charge in [-0.3, -0.25) is 4.90 Å². The van der Waals surface area contributed by atoms with Gasteiger partial charge in [0.1, 0.15) is 0 Å². The molecule has 0 aliphatic carbocycles. The van der Waals surface area contributed by atoms with Crippen molar-refractivity contribution in [1.82, 2.24) is 10.2 Å². The van der Waals surface area contributed by atoms with Gasteiger partial charge >= 0.3 is 0 Å². The van der Waals surface area contributed by atoms with E-state index in [-0.39, 0.29) is 0 Å². The van der Waals surface area contributed by atoms with Gasteiger partial charge in [0.25, 0.3) is 0 Å². The molecule has 1 fully saturated rings. The standard InChI is InChI=1S/C13H14Cl2N2/c14-12-4-3-11(10-13(12)15)2-1-7-17-8-5-16-6-9-17/h3-4,10,16H,5-9H2. The first-order valence-corrected chi connectivity index (χ1v) is 6.38. The summed E-state index contributed by atoms with van der Waals surface area (Å²) in [5, 5.41) is 4.44. The van der Waals surface area contributed by atoms with Gasteiger partial charge in [0.15, 0.2) is 0 Å². The lowest BCUT2D eigenvalue weighted by Gasteiger charge is -2.24. The Balaban J connectivity index is 1.93. The number of halogens is 2. The quantitative estimate of drug-likeness (QED) is 0.787. The van der Waals surface area contributed by atoms with Crippen molar-refractivity contribution in [2.24, 2.45) is 0 Å². The molecule has 1 heterocycles. The lowest BCUT2D eigenvalue weighted by molar-refractivity contribution is 0.268. The molecule has 4 heteroatoms. The van der Waals surface area contributed by atoms with Gasteiger partial charge in [0.05, 0.1) is 16.6 Å². The molecule has 1 aromatic rings. The Morgan fingerprint density at radius 3 is 2.65 bits per heavy atom. The molecule has 0 atom stereocenters. The van der Waals surface area contributed by atoms with Gasteiger partial charge in [-0.15, -0.1) is 0 Å². The maximum Gasteiger partial charge on any atom is 0.0606 e. The number of piperazine rings is 1. The van der Waals surface area contributed by atoms with Crippen LogP contribution in [0.2, 0.25) is 10.0 Å². The molecule has 0 saturated carbocycles. The molecule has 0 bridgehead atoms. The van der Waals surface area contributed by atoms with Crippen LogP contribution in [0.4, 0.5) is 0 Å². The van der Waals surface area contributed by atoms with Crippen molar-refractivity contribution in [2.45, 2.75) is 0 Å². The van der Waals surface area contributed by atoms with Crippen LogP contribution in [0.3, 0.4) is 0 Å². The Kier molecular flexibility index (Phi) is 4.70. The van der Waals surface area contributed by atoms with Crippen LogP contribution in [0.5, 0.6) is 0 Å². The summed E-state index contributed by atoms with van der Waals surface area (Å²) in [5.41, 5.74) is 0.912. The Labute approximate surface area is 112 Å². The molecule has 1 saturated heterocycles. The number of benzene rings is 1. The van der Waals surface area contributed by atoms with Crippen molar-refractivity contribution in [3.8, 4) is 11.8 Å². The normalized spacial score (nSPS) is 16.4. The highest BCUT2D eigenvalue weighted by molar-refractivity contribution is 6.42. The number of hydrogen-bond acceptors (Lipinski definition) is 2. The average molecular weight is 269 g/mol. The summed E-state index contributed by atoms with van der Waals surface area (Å²) in [6.07, 6.45) is 0. The minimum absolute atomic E-state index is 0.556. The molecule has 0 spiro atoms. The molecule has 17 heavy (non-hydrogen) atoms. The Morgan fingerprint density at radius 1 is 1.18 bits per heavy atom. The first kappa shape index (κ1) is 12.7. The number of hydrogen-bond donors (Lipinski definition) is 1. The number of nitrogens with one attached hydrogen (secondary N) is 1. The largest absolute Gasteiger partial charge is 0.314 e. The van der Waals surface area contributed by atoms with Crippen molar-refractivity contribution in [3.63, 3.8) is 0 Å². The second-order valence-electron chi connectivity index (χ2n) is 3.96. The van der Waals surface area contributed by atoms with Crippen LogP contribution in [0.1, 0.15) is 5.56 Å². The second kappa shape index (κ2) is 6.28. The molecule has 1 aliphatic rings. The first-order chi connectivity index (χ1) is 8.25. The summed E-state index contributed by atoms with van der Waals surface area (Å²) in [6.45, 7) is 5.04. The van der Waals surface area contributed by atoms with Crippen LogP contribution in [0.15, 0.2) is 18.2 Å². The molecule has 0 unspecified atom stereocenters.